The van der Waals surface area contributed by atoms with Crippen LogP contribution in [0.25, 0.3) is 0 Å². The molecule has 1 heterocycles. The first-order chi connectivity index (χ1) is 15.6. The molecule has 8 nitrogen and oxygen atoms in total. The number of hydrogen-bond acceptors (Lipinski definition) is 8. The van der Waals surface area contributed by atoms with Crippen LogP contribution in [-0.4, -0.2) is 51.6 Å². The molecule has 1 aliphatic carbocycles. The Morgan fingerprint density at radius 1 is 1.18 bits per heavy atom. The molecule has 0 radical (unpaired) electrons. The van der Waals surface area contributed by atoms with Crippen LogP contribution >= 0.6 is 7.60 Å². The summed E-state index contributed by atoms with van der Waals surface area (Å²) in [6.45, 7) is 9.70. The van der Waals surface area contributed by atoms with E-state index in [2.05, 4.69) is 12.2 Å². The van der Waals surface area contributed by atoms with Gasteiger partial charge in [-0.15, -0.1) is 0 Å². The fourth-order valence-corrected chi connectivity index (χ4v) is 6.46. The number of para-hydroxylation sites is 1. The number of carbonyl (C=O) groups is 1. The summed E-state index contributed by atoms with van der Waals surface area (Å²) in [6.07, 6.45) is 4.09. The Labute approximate surface area is 196 Å². The third-order valence-electron chi connectivity index (χ3n) is 6.12. The Morgan fingerprint density at radius 2 is 1.88 bits per heavy atom. The molecular formula is C24H35O8P. The van der Waals surface area contributed by atoms with E-state index in [1.54, 1.807) is 21.0 Å². The lowest BCUT2D eigenvalue weighted by Gasteiger charge is -2.48. The summed E-state index contributed by atoms with van der Waals surface area (Å²) in [5, 5.41) is 0. The quantitative estimate of drug-likeness (QED) is 0.216. The molecule has 0 N–H and O–H groups in total. The van der Waals surface area contributed by atoms with E-state index in [-0.39, 0.29) is 26.6 Å². The molecule has 2 aliphatic rings. The molecule has 1 aromatic rings. The molecule has 9 heteroatoms. The van der Waals surface area contributed by atoms with Gasteiger partial charge in [-0.1, -0.05) is 44.2 Å². The Morgan fingerprint density at radius 3 is 2.52 bits per heavy atom. The Hall–Kier alpha value is -1.70. The molecule has 3 atom stereocenters. The Balaban J connectivity index is 2.17. The lowest BCUT2D eigenvalue weighted by molar-refractivity contribution is -0.151. The Bertz CT molecular complexity index is 917. The van der Waals surface area contributed by atoms with Gasteiger partial charge in [0.2, 0.25) is 0 Å². The molecular weight excluding hydrogens is 447 g/mol. The van der Waals surface area contributed by atoms with E-state index in [1.807, 2.05) is 39.0 Å². The number of carbonyl (C=O) groups excluding carboxylic acids is 1. The minimum absolute atomic E-state index is 0.0335. The zero-order valence-corrected chi connectivity index (χ0v) is 21.2. The van der Waals surface area contributed by atoms with Gasteiger partial charge in [-0.05, 0) is 32.8 Å². The molecule has 0 saturated carbocycles. The maximum atomic E-state index is 13.6. The summed E-state index contributed by atoms with van der Waals surface area (Å²) in [6, 6.07) is 5.86. The van der Waals surface area contributed by atoms with Gasteiger partial charge < -0.3 is 28.0 Å². The normalized spacial score (nSPS) is 26.9. The molecule has 1 saturated heterocycles. The Kier molecular flexibility index (Phi) is 8.07. The number of rotatable bonds is 9. The van der Waals surface area contributed by atoms with Gasteiger partial charge in [-0.2, -0.15) is 0 Å². The molecule has 184 valence electrons. The van der Waals surface area contributed by atoms with Crippen LogP contribution in [0.5, 0.6) is 5.75 Å². The monoisotopic (exact) mass is 482 g/mol. The highest BCUT2D eigenvalue weighted by Crippen LogP contribution is 2.59. The van der Waals surface area contributed by atoms with Crippen molar-refractivity contribution in [3.8, 4) is 5.75 Å². The van der Waals surface area contributed by atoms with E-state index in [9.17, 15) is 9.36 Å². The average molecular weight is 483 g/mol. The van der Waals surface area contributed by atoms with Crippen LogP contribution in [0, 0.1) is 12.3 Å². The van der Waals surface area contributed by atoms with Crippen molar-refractivity contribution in [3.63, 3.8) is 0 Å². The number of allylic oxidation sites excluding steroid dienone is 1. The molecule has 1 aliphatic heterocycles. The van der Waals surface area contributed by atoms with Crippen molar-refractivity contribution in [2.45, 2.75) is 58.4 Å². The maximum Gasteiger partial charge on any atom is 0.370 e. The van der Waals surface area contributed by atoms with Gasteiger partial charge >= 0.3 is 13.6 Å². The summed E-state index contributed by atoms with van der Waals surface area (Å²) >= 11 is 0. The maximum absolute atomic E-state index is 13.6. The SMILES string of the molecule is CCOP(=O)(OCC)C1O[C@@H]2C(C)(C)C=CC[C@]2(c2cccc(C)c2OCOC)COC1=O. The van der Waals surface area contributed by atoms with Gasteiger partial charge in [0.25, 0.3) is 5.85 Å². The number of benzene rings is 1. The summed E-state index contributed by atoms with van der Waals surface area (Å²) in [4.78, 5) is 13.1. The van der Waals surface area contributed by atoms with Crippen molar-refractivity contribution in [2.24, 2.45) is 5.41 Å². The van der Waals surface area contributed by atoms with Crippen molar-refractivity contribution < 1.29 is 37.4 Å². The lowest BCUT2D eigenvalue weighted by Crippen LogP contribution is -2.53. The minimum atomic E-state index is -3.93. The topological polar surface area (TPSA) is 89.5 Å². The molecule has 33 heavy (non-hydrogen) atoms. The van der Waals surface area contributed by atoms with Gasteiger partial charge in [0.15, 0.2) is 6.79 Å². The second-order valence-corrected chi connectivity index (χ2v) is 11.0. The van der Waals surface area contributed by atoms with Crippen molar-refractivity contribution in [3.05, 3.63) is 41.5 Å². The number of methoxy groups -OCH3 is 1. The molecule has 0 aromatic heterocycles. The third-order valence-corrected chi connectivity index (χ3v) is 8.26. The number of hydrogen-bond donors (Lipinski definition) is 0. The summed E-state index contributed by atoms with van der Waals surface area (Å²) in [5.41, 5.74) is 0.473. The van der Waals surface area contributed by atoms with Gasteiger partial charge in [-0.3, -0.25) is 4.57 Å². The highest BCUT2D eigenvalue weighted by atomic mass is 31.2. The standard InChI is InChI=1S/C24H35O8P/c1-7-30-33(26,31-8-2)21-20(25)28-15-24(14-10-13-23(4,5)22(24)32-21)18-12-9-11-17(3)19(18)29-16-27-6/h9-13,21-22H,7-8,14-16H2,1-6H3/t21?,22-,24-/m1/s1. The van der Waals surface area contributed by atoms with Gasteiger partial charge in [0, 0.05) is 18.1 Å². The second kappa shape index (κ2) is 10.3. The first-order valence-corrected chi connectivity index (χ1v) is 12.9. The summed E-state index contributed by atoms with van der Waals surface area (Å²) < 4.78 is 47.9. The molecule has 0 bridgehead atoms. The van der Waals surface area contributed by atoms with Gasteiger partial charge in [0.05, 0.1) is 24.7 Å². The number of esters is 1. The van der Waals surface area contributed by atoms with Crippen molar-refractivity contribution in [2.75, 3.05) is 33.7 Å². The second-order valence-electron chi connectivity index (χ2n) is 8.94. The van der Waals surface area contributed by atoms with Crippen LogP contribution in [-0.2, 0) is 38.0 Å². The molecule has 1 aromatic carbocycles. The minimum Gasteiger partial charge on any atom is -0.467 e. The lowest BCUT2D eigenvalue weighted by atomic mass is 9.61. The van der Waals surface area contributed by atoms with Crippen LogP contribution in [0.1, 0.15) is 45.2 Å². The van der Waals surface area contributed by atoms with E-state index < -0.39 is 36.3 Å². The van der Waals surface area contributed by atoms with E-state index in [0.29, 0.717) is 12.2 Å². The largest absolute Gasteiger partial charge is 0.467 e. The molecule has 0 spiro atoms. The smallest absolute Gasteiger partial charge is 0.370 e. The van der Waals surface area contributed by atoms with Crippen molar-refractivity contribution >= 4 is 13.6 Å². The highest BCUT2D eigenvalue weighted by Gasteiger charge is 2.58. The molecule has 3 rings (SSSR count). The van der Waals surface area contributed by atoms with Crippen molar-refractivity contribution in [1.29, 1.82) is 0 Å². The van der Waals surface area contributed by atoms with Crippen LogP contribution in [0.3, 0.4) is 0 Å². The zero-order chi connectivity index (χ0) is 24.3. The first-order valence-electron chi connectivity index (χ1n) is 11.3. The molecule has 1 fully saturated rings. The predicted molar refractivity (Wildman–Crippen MR) is 123 cm³/mol. The average Bonchev–Trinajstić information content (AvgIpc) is 2.91. The van der Waals surface area contributed by atoms with Crippen molar-refractivity contribution in [1.82, 2.24) is 0 Å². The first kappa shape index (κ1) is 25.9. The third kappa shape index (κ3) is 4.91. The van der Waals surface area contributed by atoms with Gasteiger partial charge in [-0.25, -0.2) is 4.79 Å². The van der Waals surface area contributed by atoms with Crippen LogP contribution in [0.15, 0.2) is 30.4 Å². The number of aryl methyl sites for hydroxylation is 1. The van der Waals surface area contributed by atoms with Gasteiger partial charge in [0.1, 0.15) is 12.4 Å². The van der Waals surface area contributed by atoms with Crippen LogP contribution in [0.4, 0.5) is 0 Å². The van der Waals surface area contributed by atoms with E-state index in [4.69, 9.17) is 28.0 Å². The zero-order valence-electron chi connectivity index (χ0n) is 20.3. The summed E-state index contributed by atoms with van der Waals surface area (Å²) in [5.74, 6) is -1.58. The number of ether oxygens (including phenoxy) is 4. The van der Waals surface area contributed by atoms with E-state index in [0.717, 1.165) is 11.1 Å². The van der Waals surface area contributed by atoms with E-state index >= 15 is 0 Å². The highest BCUT2D eigenvalue weighted by molar-refractivity contribution is 7.55. The van der Waals surface area contributed by atoms with Crippen LogP contribution < -0.4 is 4.74 Å². The van der Waals surface area contributed by atoms with E-state index in [1.165, 1.54) is 0 Å². The molecule has 0 amide bonds. The fourth-order valence-electron chi connectivity index (χ4n) is 4.79. The van der Waals surface area contributed by atoms with Crippen LogP contribution in [0.2, 0.25) is 0 Å². The summed E-state index contributed by atoms with van der Waals surface area (Å²) in [7, 11) is -2.37. The fraction of sp³-hybridized carbons (Fsp3) is 0.625. The number of cyclic esters (lactones) is 1. The predicted octanol–water partition coefficient (Wildman–Crippen LogP) is 4.74. The molecule has 1 unspecified atom stereocenters. The number of fused-ring (bicyclic) bond motifs is 1.